The fourth-order valence-electron chi connectivity index (χ4n) is 2.45. The number of rotatable bonds is 7. The van der Waals surface area contributed by atoms with Crippen LogP contribution in [0.5, 0.6) is 5.75 Å². The van der Waals surface area contributed by atoms with Gasteiger partial charge in [-0.3, -0.25) is 10.6 Å². The molecule has 0 radical (unpaired) electrons. The minimum absolute atomic E-state index is 0.502. The summed E-state index contributed by atoms with van der Waals surface area (Å²) in [6.07, 6.45) is -9.69. The molecule has 0 saturated carbocycles. The van der Waals surface area contributed by atoms with Crippen LogP contribution in [-0.2, 0) is 9.47 Å². The van der Waals surface area contributed by atoms with Gasteiger partial charge in [-0.2, -0.15) is 48.3 Å². The smallest absolute Gasteiger partial charge is 0.444 e. The normalized spacial score (nSPS) is 14.2. The summed E-state index contributed by atoms with van der Waals surface area (Å²) in [5.41, 5.74) is -3.19. The van der Waals surface area contributed by atoms with Gasteiger partial charge in [0, 0.05) is 11.8 Å². The van der Waals surface area contributed by atoms with Crippen molar-refractivity contribution in [3.8, 4) is 5.75 Å². The zero-order valence-electron chi connectivity index (χ0n) is 21.7. The number of nitrogens with one attached hydrogen (secondary N) is 2. The van der Waals surface area contributed by atoms with Crippen LogP contribution < -0.4 is 15.4 Å². The molecule has 0 fully saturated rings. The summed E-state index contributed by atoms with van der Waals surface area (Å²) in [6, 6.07) is -1.93. The number of hydrogen-bond acceptors (Lipinski definition) is 5. The molecule has 1 aromatic carbocycles. The Bertz CT molecular complexity index is 1190. The van der Waals surface area contributed by atoms with Crippen molar-refractivity contribution < 1.29 is 72.1 Å². The second-order valence-electron chi connectivity index (χ2n) is 10.0. The van der Waals surface area contributed by atoms with Crippen LogP contribution in [0.25, 0.3) is 0 Å². The number of benzene rings is 1. The lowest BCUT2D eigenvalue weighted by molar-refractivity contribution is -0.392. The molecular formula is C22H22BrF11N2O5. The number of carbonyl (C=O) groups is 2. The van der Waals surface area contributed by atoms with Crippen LogP contribution in [0.4, 0.5) is 69.3 Å². The third-order valence-electron chi connectivity index (χ3n) is 4.11. The summed E-state index contributed by atoms with van der Waals surface area (Å²) in [7, 11) is 0. The summed E-state index contributed by atoms with van der Waals surface area (Å²) in [5, 5.41) is 4.10. The highest BCUT2D eigenvalue weighted by Crippen LogP contribution is 2.56. The maximum Gasteiger partial charge on any atom is 0.460 e. The van der Waals surface area contributed by atoms with Gasteiger partial charge in [0.15, 0.2) is 0 Å². The molecule has 0 spiro atoms. The van der Waals surface area contributed by atoms with Gasteiger partial charge in [-0.05, 0) is 63.5 Å². The SMILES string of the molecule is CC(C)(C)OC(=O)Nc1cc(NC(=O)OC(C)(C)C)c(Br)c(OC(F)=C(F)C(F)(F)C(F)(F)C(F)(F)C(F)(F)F)c1. The first-order valence-electron chi connectivity index (χ1n) is 10.8. The monoisotopic (exact) mass is 682 g/mol. The van der Waals surface area contributed by atoms with Gasteiger partial charge < -0.3 is 14.2 Å². The Morgan fingerprint density at radius 3 is 1.59 bits per heavy atom. The first-order chi connectivity index (χ1) is 18.0. The van der Waals surface area contributed by atoms with E-state index in [1.165, 1.54) is 41.5 Å². The fraction of sp³-hybridized carbons (Fsp3) is 0.545. The Labute approximate surface area is 233 Å². The Morgan fingerprint density at radius 2 is 1.17 bits per heavy atom. The summed E-state index contributed by atoms with van der Waals surface area (Å²) < 4.78 is 160. The molecule has 2 amide bonds. The van der Waals surface area contributed by atoms with Gasteiger partial charge in [-0.1, -0.05) is 0 Å². The number of halogens is 12. The standard InChI is InChI=1S/C22H22BrF11N2O5/c1-17(2,3)40-15(37)35-9-7-10(36-16(38)41-18(4,5)6)12(23)11(8-9)39-14(25)13(24)19(26,27)20(28,29)21(30,31)22(32,33)34/h7-8H,1-6H3,(H,35,37)(H,36,38). The van der Waals surface area contributed by atoms with Crippen molar-refractivity contribution in [3.05, 3.63) is 28.4 Å². The van der Waals surface area contributed by atoms with Crippen molar-refractivity contribution in [2.75, 3.05) is 10.6 Å². The van der Waals surface area contributed by atoms with Crippen LogP contribution in [0, 0.1) is 0 Å². The number of allylic oxidation sites excluding steroid dienone is 1. The lowest BCUT2D eigenvalue weighted by Gasteiger charge is -2.32. The van der Waals surface area contributed by atoms with Crippen LogP contribution in [0.2, 0.25) is 0 Å². The topological polar surface area (TPSA) is 85.9 Å². The molecule has 41 heavy (non-hydrogen) atoms. The van der Waals surface area contributed by atoms with Crippen molar-refractivity contribution in [1.29, 1.82) is 0 Å². The van der Waals surface area contributed by atoms with E-state index < -0.39 is 80.8 Å². The van der Waals surface area contributed by atoms with Crippen molar-refractivity contribution in [3.63, 3.8) is 0 Å². The highest BCUT2D eigenvalue weighted by molar-refractivity contribution is 9.10. The van der Waals surface area contributed by atoms with Gasteiger partial charge >= 0.3 is 42.1 Å². The molecule has 0 saturated heterocycles. The van der Waals surface area contributed by atoms with E-state index in [1.54, 1.807) is 0 Å². The molecule has 0 aliphatic carbocycles. The molecule has 0 heterocycles. The first-order valence-corrected chi connectivity index (χ1v) is 11.6. The van der Waals surface area contributed by atoms with Crippen molar-refractivity contribution >= 4 is 39.5 Å². The number of amides is 2. The molecule has 19 heteroatoms. The van der Waals surface area contributed by atoms with Crippen molar-refractivity contribution in [2.45, 2.75) is 76.7 Å². The van der Waals surface area contributed by atoms with E-state index in [4.69, 9.17) is 9.47 Å². The lowest BCUT2D eigenvalue weighted by atomic mass is 10.0. The van der Waals surface area contributed by atoms with E-state index in [0.717, 1.165) is 6.07 Å². The number of hydrogen-bond donors (Lipinski definition) is 2. The lowest BCUT2D eigenvalue weighted by Crippen LogP contribution is -2.61. The zero-order valence-corrected chi connectivity index (χ0v) is 23.3. The van der Waals surface area contributed by atoms with Crippen LogP contribution >= 0.6 is 15.9 Å². The van der Waals surface area contributed by atoms with E-state index in [2.05, 4.69) is 26.0 Å². The molecule has 1 aromatic rings. The molecule has 0 aliphatic rings. The van der Waals surface area contributed by atoms with Gasteiger partial charge in [0.2, 0.25) is 5.83 Å². The molecule has 1 rings (SSSR count). The number of alkyl halides is 9. The highest BCUT2D eigenvalue weighted by atomic mass is 79.9. The minimum Gasteiger partial charge on any atom is -0.444 e. The average molecular weight is 683 g/mol. The Hall–Kier alpha value is -2.99. The summed E-state index contributed by atoms with van der Waals surface area (Å²) in [6.45, 7) is 8.66. The molecule has 0 atom stereocenters. The van der Waals surface area contributed by atoms with Crippen molar-refractivity contribution in [2.24, 2.45) is 0 Å². The fourth-order valence-corrected chi connectivity index (χ4v) is 2.86. The van der Waals surface area contributed by atoms with Gasteiger partial charge in [-0.15, -0.1) is 0 Å². The molecular weight excluding hydrogens is 661 g/mol. The summed E-state index contributed by atoms with van der Waals surface area (Å²) in [5.74, 6) is -27.4. The molecule has 0 bridgehead atoms. The number of ether oxygens (including phenoxy) is 3. The molecule has 0 aromatic heterocycles. The van der Waals surface area contributed by atoms with Gasteiger partial charge in [-0.25, -0.2) is 9.59 Å². The van der Waals surface area contributed by atoms with E-state index in [0.29, 0.717) is 6.07 Å². The second-order valence-corrected chi connectivity index (χ2v) is 10.8. The molecule has 234 valence electrons. The maximum atomic E-state index is 14.3. The van der Waals surface area contributed by atoms with Crippen molar-refractivity contribution in [1.82, 2.24) is 0 Å². The Kier molecular flexibility index (Phi) is 10.3. The van der Waals surface area contributed by atoms with Crippen LogP contribution in [0.3, 0.4) is 0 Å². The maximum absolute atomic E-state index is 14.3. The molecule has 0 unspecified atom stereocenters. The van der Waals surface area contributed by atoms with Gasteiger partial charge in [0.05, 0.1) is 10.2 Å². The van der Waals surface area contributed by atoms with E-state index in [-0.39, 0.29) is 0 Å². The van der Waals surface area contributed by atoms with Gasteiger partial charge in [0.25, 0.3) is 0 Å². The van der Waals surface area contributed by atoms with Crippen LogP contribution in [0.15, 0.2) is 28.4 Å². The van der Waals surface area contributed by atoms with E-state index in [9.17, 15) is 57.9 Å². The predicted octanol–water partition coefficient (Wildman–Crippen LogP) is 9.10. The van der Waals surface area contributed by atoms with Gasteiger partial charge in [0.1, 0.15) is 17.0 Å². The predicted molar refractivity (Wildman–Crippen MR) is 125 cm³/mol. The Morgan fingerprint density at radius 1 is 0.732 bits per heavy atom. The Balaban J connectivity index is 3.63. The quantitative estimate of drug-likeness (QED) is 0.221. The first kappa shape index (κ1) is 36.0. The van der Waals surface area contributed by atoms with E-state index >= 15 is 0 Å². The molecule has 7 nitrogen and oxygen atoms in total. The number of anilines is 2. The number of carbonyl (C=O) groups excluding carboxylic acids is 2. The highest BCUT2D eigenvalue weighted by Gasteiger charge is 2.83. The largest absolute Gasteiger partial charge is 0.460 e. The summed E-state index contributed by atoms with van der Waals surface area (Å²) >= 11 is 2.71. The third-order valence-corrected chi connectivity index (χ3v) is 4.93. The third kappa shape index (κ3) is 8.75. The van der Waals surface area contributed by atoms with Crippen LogP contribution in [-0.4, -0.2) is 47.3 Å². The van der Waals surface area contributed by atoms with Crippen LogP contribution in [0.1, 0.15) is 41.5 Å². The molecule has 2 N–H and O–H groups in total. The van der Waals surface area contributed by atoms with E-state index in [1.807, 2.05) is 5.32 Å². The average Bonchev–Trinajstić information content (AvgIpc) is 2.72. The summed E-state index contributed by atoms with van der Waals surface area (Å²) in [4.78, 5) is 24.3. The molecule has 0 aliphatic heterocycles. The zero-order chi connectivity index (χ0) is 32.6. The second kappa shape index (κ2) is 11.7. The minimum atomic E-state index is -7.52.